The second kappa shape index (κ2) is 5.52. The Labute approximate surface area is 111 Å². The van der Waals surface area contributed by atoms with Crippen LogP contribution in [0.2, 0.25) is 0 Å². The van der Waals surface area contributed by atoms with E-state index in [1.807, 2.05) is 12.1 Å². The minimum Gasteiger partial charge on any atom is -0.497 e. The molecule has 98 valence electrons. The van der Waals surface area contributed by atoms with Gasteiger partial charge in [-0.3, -0.25) is 4.79 Å². The Morgan fingerprint density at radius 3 is 2.42 bits per heavy atom. The molecule has 0 saturated carbocycles. The monoisotopic (exact) mass is 259 g/mol. The van der Waals surface area contributed by atoms with Gasteiger partial charge in [-0.2, -0.15) is 0 Å². The highest BCUT2D eigenvalue weighted by atomic mass is 19.1. The Balaban J connectivity index is 2.46. The summed E-state index contributed by atoms with van der Waals surface area (Å²) in [6, 6.07) is 11.5. The fraction of sp³-hybridized carbons (Fsp3) is 0.133. The number of anilines is 1. The van der Waals surface area contributed by atoms with E-state index in [9.17, 15) is 9.18 Å². The molecule has 2 aromatic carbocycles. The second-order valence-electron chi connectivity index (χ2n) is 4.10. The first-order chi connectivity index (χ1) is 9.10. The molecule has 0 aromatic heterocycles. The van der Waals surface area contributed by atoms with Crippen molar-refractivity contribution in [1.82, 2.24) is 0 Å². The van der Waals surface area contributed by atoms with Gasteiger partial charge in [0.25, 0.3) is 0 Å². The van der Waals surface area contributed by atoms with Crippen molar-refractivity contribution in [2.45, 2.75) is 6.92 Å². The Kier molecular flexibility index (Phi) is 3.80. The maximum Gasteiger partial charge on any atom is 0.221 e. The largest absolute Gasteiger partial charge is 0.497 e. The molecule has 0 aliphatic heterocycles. The average molecular weight is 259 g/mol. The van der Waals surface area contributed by atoms with Gasteiger partial charge in [0.2, 0.25) is 5.91 Å². The lowest BCUT2D eigenvalue weighted by Crippen LogP contribution is -2.07. The molecule has 0 aliphatic carbocycles. The number of hydrogen-bond donors (Lipinski definition) is 1. The normalized spacial score (nSPS) is 10.1. The lowest BCUT2D eigenvalue weighted by molar-refractivity contribution is -0.114. The molecule has 0 fully saturated rings. The molecule has 0 atom stereocenters. The third kappa shape index (κ3) is 3.10. The number of halogens is 1. The van der Waals surface area contributed by atoms with Gasteiger partial charge >= 0.3 is 0 Å². The summed E-state index contributed by atoms with van der Waals surface area (Å²) in [5.74, 6) is 0.183. The number of benzene rings is 2. The summed E-state index contributed by atoms with van der Waals surface area (Å²) >= 11 is 0. The summed E-state index contributed by atoms with van der Waals surface area (Å²) in [4.78, 5) is 11.2. The SMILES string of the molecule is COc1ccc(-c2cc(F)ccc2NC(C)=O)cc1. The van der Waals surface area contributed by atoms with Gasteiger partial charge in [0, 0.05) is 18.2 Å². The number of hydrogen-bond acceptors (Lipinski definition) is 2. The van der Waals surface area contributed by atoms with Crippen molar-refractivity contribution in [2.75, 3.05) is 12.4 Å². The lowest BCUT2D eigenvalue weighted by Gasteiger charge is -2.11. The number of nitrogens with one attached hydrogen (secondary N) is 1. The molecule has 0 heterocycles. The lowest BCUT2D eigenvalue weighted by atomic mass is 10.0. The van der Waals surface area contributed by atoms with Crippen LogP contribution in [-0.2, 0) is 4.79 Å². The van der Waals surface area contributed by atoms with E-state index < -0.39 is 0 Å². The summed E-state index contributed by atoms with van der Waals surface area (Å²) in [6.07, 6.45) is 0. The number of carbonyl (C=O) groups is 1. The van der Waals surface area contributed by atoms with Crippen molar-refractivity contribution in [2.24, 2.45) is 0 Å². The van der Waals surface area contributed by atoms with Gasteiger partial charge in [-0.05, 0) is 35.9 Å². The standard InChI is InChI=1S/C15H14FNO2/c1-10(18)17-15-8-5-12(16)9-14(15)11-3-6-13(19-2)7-4-11/h3-9H,1-2H3,(H,17,18). The molecule has 4 heteroatoms. The molecule has 0 radical (unpaired) electrons. The Bertz CT molecular complexity index is 594. The first-order valence-corrected chi connectivity index (χ1v) is 5.81. The van der Waals surface area contributed by atoms with Crippen molar-refractivity contribution in [3.8, 4) is 16.9 Å². The third-order valence-electron chi connectivity index (χ3n) is 2.69. The number of rotatable bonds is 3. The van der Waals surface area contributed by atoms with Gasteiger partial charge in [0.15, 0.2) is 0 Å². The Morgan fingerprint density at radius 1 is 1.16 bits per heavy atom. The number of methoxy groups -OCH3 is 1. The fourth-order valence-corrected chi connectivity index (χ4v) is 1.82. The highest BCUT2D eigenvalue weighted by Gasteiger charge is 2.08. The van der Waals surface area contributed by atoms with Crippen LogP contribution >= 0.6 is 0 Å². The van der Waals surface area contributed by atoms with Gasteiger partial charge in [-0.25, -0.2) is 4.39 Å². The zero-order valence-corrected chi connectivity index (χ0v) is 10.7. The summed E-state index contributed by atoms with van der Waals surface area (Å²) in [7, 11) is 1.58. The summed E-state index contributed by atoms with van der Waals surface area (Å²) in [6.45, 7) is 1.42. The van der Waals surface area contributed by atoms with Crippen LogP contribution in [0.15, 0.2) is 42.5 Å². The zero-order valence-electron chi connectivity index (χ0n) is 10.7. The summed E-state index contributed by atoms with van der Waals surface area (Å²) in [5, 5.41) is 2.69. The smallest absolute Gasteiger partial charge is 0.221 e. The summed E-state index contributed by atoms with van der Waals surface area (Å²) in [5.41, 5.74) is 2.03. The van der Waals surface area contributed by atoms with Crippen LogP contribution in [0.1, 0.15) is 6.92 Å². The molecule has 0 bridgehead atoms. The Hall–Kier alpha value is -2.36. The van der Waals surface area contributed by atoms with E-state index in [4.69, 9.17) is 4.74 Å². The molecular weight excluding hydrogens is 245 g/mol. The quantitative estimate of drug-likeness (QED) is 0.916. The van der Waals surface area contributed by atoms with Gasteiger partial charge < -0.3 is 10.1 Å². The highest BCUT2D eigenvalue weighted by Crippen LogP contribution is 2.30. The van der Waals surface area contributed by atoms with Crippen LogP contribution in [0.5, 0.6) is 5.75 Å². The van der Waals surface area contributed by atoms with Gasteiger partial charge in [0.1, 0.15) is 11.6 Å². The molecule has 19 heavy (non-hydrogen) atoms. The first-order valence-electron chi connectivity index (χ1n) is 5.81. The van der Waals surface area contributed by atoms with Crippen LogP contribution < -0.4 is 10.1 Å². The van der Waals surface area contributed by atoms with E-state index in [0.29, 0.717) is 11.3 Å². The zero-order chi connectivity index (χ0) is 13.8. The van der Waals surface area contributed by atoms with Crippen LogP contribution in [0.25, 0.3) is 11.1 Å². The molecule has 0 aliphatic rings. The predicted molar refractivity (Wildman–Crippen MR) is 72.7 cm³/mol. The molecule has 0 spiro atoms. The van der Waals surface area contributed by atoms with Crippen molar-refractivity contribution in [1.29, 1.82) is 0 Å². The summed E-state index contributed by atoms with van der Waals surface area (Å²) < 4.78 is 18.5. The van der Waals surface area contributed by atoms with Crippen molar-refractivity contribution in [3.63, 3.8) is 0 Å². The molecule has 2 aromatic rings. The van der Waals surface area contributed by atoms with Crippen LogP contribution in [0.4, 0.5) is 10.1 Å². The molecule has 2 rings (SSSR count). The van der Waals surface area contributed by atoms with Crippen LogP contribution in [-0.4, -0.2) is 13.0 Å². The molecule has 1 amide bonds. The predicted octanol–water partition coefficient (Wildman–Crippen LogP) is 3.46. The molecular formula is C15H14FNO2. The number of amides is 1. The third-order valence-corrected chi connectivity index (χ3v) is 2.69. The van der Waals surface area contributed by atoms with E-state index in [2.05, 4.69) is 5.32 Å². The van der Waals surface area contributed by atoms with Crippen LogP contribution in [0.3, 0.4) is 0 Å². The van der Waals surface area contributed by atoms with E-state index in [1.54, 1.807) is 25.3 Å². The van der Waals surface area contributed by atoms with E-state index >= 15 is 0 Å². The molecule has 0 unspecified atom stereocenters. The van der Waals surface area contributed by atoms with Gasteiger partial charge in [-0.15, -0.1) is 0 Å². The van der Waals surface area contributed by atoms with E-state index in [0.717, 1.165) is 11.3 Å². The second-order valence-corrected chi connectivity index (χ2v) is 4.10. The van der Waals surface area contributed by atoms with Crippen molar-refractivity contribution in [3.05, 3.63) is 48.3 Å². The number of ether oxygens (including phenoxy) is 1. The first kappa shape index (κ1) is 13.1. The maximum atomic E-state index is 13.4. The number of carbonyl (C=O) groups excluding carboxylic acids is 1. The topological polar surface area (TPSA) is 38.3 Å². The Morgan fingerprint density at radius 2 is 1.84 bits per heavy atom. The van der Waals surface area contributed by atoms with Gasteiger partial charge in [-0.1, -0.05) is 12.1 Å². The fourth-order valence-electron chi connectivity index (χ4n) is 1.82. The van der Waals surface area contributed by atoms with E-state index in [1.165, 1.54) is 19.1 Å². The maximum absolute atomic E-state index is 13.4. The van der Waals surface area contributed by atoms with Gasteiger partial charge in [0.05, 0.1) is 7.11 Å². The molecule has 0 saturated heterocycles. The van der Waals surface area contributed by atoms with E-state index in [-0.39, 0.29) is 11.7 Å². The molecule has 1 N–H and O–H groups in total. The van der Waals surface area contributed by atoms with Crippen LogP contribution in [0, 0.1) is 5.82 Å². The highest BCUT2D eigenvalue weighted by molar-refractivity contribution is 5.94. The van der Waals surface area contributed by atoms with Crippen molar-refractivity contribution >= 4 is 11.6 Å². The van der Waals surface area contributed by atoms with Crippen molar-refractivity contribution < 1.29 is 13.9 Å². The molecule has 3 nitrogen and oxygen atoms in total. The average Bonchev–Trinajstić information content (AvgIpc) is 2.40. The minimum atomic E-state index is -0.347. The minimum absolute atomic E-state index is 0.193.